The number of para-hydroxylation sites is 1. The van der Waals surface area contributed by atoms with Gasteiger partial charge >= 0.3 is 0 Å². The number of benzene rings is 1. The Morgan fingerprint density at radius 1 is 1.39 bits per heavy atom. The van der Waals surface area contributed by atoms with Gasteiger partial charge in [0.2, 0.25) is 0 Å². The summed E-state index contributed by atoms with van der Waals surface area (Å²) in [5, 5.41) is 4.75. The van der Waals surface area contributed by atoms with Crippen molar-refractivity contribution in [3.05, 3.63) is 30.5 Å². The second-order valence-corrected chi connectivity index (χ2v) is 5.12. The second-order valence-electron chi connectivity index (χ2n) is 5.12. The van der Waals surface area contributed by atoms with Crippen molar-refractivity contribution in [1.82, 2.24) is 5.32 Å². The predicted octanol–water partition coefficient (Wildman–Crippen LogP) is 3.01. The minimum absolute atomic E-state index is 0.700. The summed E-state index contributed by atoms with van der Waals surface area (Å²) in [7, 11) is 2.15. The van der Waals surface area contributed by atoms with Crippen LogP contribution in [0.2, 0.25) is 0 Å². The predicted molar refractivity (Wildman–Crippen MR) is 75.1 cm³/mol. The first-order valence-electron chi connectivity index (χ1n) is 6.75. The average Bonchev–Trinajstić information content (AvgIpc) is 3.05. The van der Waals surface area contributed by atoms with Crippen molar-refractivity contribution in [3.8, 4) is 0 Å². The van der Waals surface area contributed by atoms with E-state index in [0.29, 0.717) is 6.04 Å². The monoisotopic (exact) mass is 244 g/mol. The molecule has 18 heavy (non-hydrogen) atoms. The van der Waals surface area contributed by atoms with E-state index in [1.54, 1.807) is 0 Å². The molecule has 2 aromatic rings. The Hall–Kier alpha value is -1.48. The molecule has 3 rings (SSSR count). The van der Waals surface area contributed by atoms with Crippen LogP contribution >= 0.6 is 0 Å². The van der Waals surface area contributed by atoms with Crippen LogP contribution in [-0.4, -0.2) is 26.2 Å². The van der Waals surface area contributed by atoms with Crippen molar-refractivity contribution in [2.24, 2.45) is 0 Å². The Balaban J connectivity index is 1.69. The van der Waals surface area contributed by atoms with Gasteiger partial charge in [0.1, 0.15) is 11.8 Å². The first-order valence-corrected chi connectivity index (χ1v) is 6.75. The molecule has 1 N–H and O–H groups in total. The summed E-state index contributed by atoms with van der Waals surface area (Å²) in [4.78, 5) is 2.30. The van der Waals surface area contributed by atoms with Crippen LogP contribution in [0.15, 0.2) is 34.9 Å². The maximum absolute atomic E-state index is 5.58. The van der Waals surface area contributed by atoms with E-state index in [1.807, 2.05) is 18.4 Å². The molecular weight excluding hydrogens is 224 g/mol. The minimum Gasteiger partial charge on any atom is -0.462 e. The Kier molecular flexibility index (Phi) is 3.24. The fraction of sp³-hybridized carbons (Fsp3) is 0.467. The third-order valence-corrected chi connectivity index (χ3v) is 3.85. The SMILES string of the molecule is CN(CCC1CCCN1)c1coc2ccccc12. The van der Waals surface area contributed by atoms with Crippen molar-refractivity contribution in [1.29, 1.82) is 0 Å². The molecule has 3 heteroatoms. The zero-order valence-corrected chi connectivity index (χ0v) is 10.9. The molecule has 2 heterocycles. The van der Waals surface area contributed by atoms with E-state index in [1.165, 1.54) is 36.9 Å². The van der Waals surface area contributed by atoms with Crippen LogP contribution in [0.4, 0.5) is 5.69 Å². The van der Waals surface area contributed by atoms with Crippen LogP contribution in [0.3, 0.4) is 0 Å². The van der Waals surface area contributed by atoms with Gasteiger partial charge in [0.05, 0.1) is 5.69 Å². The van der Waals surface area contributed by atoms with Gasteiger partial charge in [-0.2, -0.15) is 0 Å². The quantitative estimate of drug-likeness (QED) is 0.896. The van der Waals surface area contributed by atoms with Crippen LogP contribution in [-0.2, 0) is 0 Å². The number of nitrogens with one attached hydrogen (secondary N) is 1. The second kappa shape index (κ2) is 5.02. The highest BCUT2D eigenvalue weighted by Gasteiger charge is 2.15. The van der Waals surface area contributed by atoms with Crippen LogP contribution < -0.4 is 10.2 Å². The molecule has 1 aromatic heterocycles. The average molecular weight is 244 g/mol. The standard InChI is InChI=1S/C15H20N2O/c1-17(10-8-12-5-4-9-16-12)14-11-18-15-7-3-2-6-13(14)15/h2-3,6-7,11-12,16H,4-5,8-10H2,1H3. The lowest BCUT2D eigenvalue weighted by Crippen LogP contribution is -2.28. The molecule has 1 unspecified atom stereocenters. The summed E-state index contributed by atoms with van der Waals surface area (Å²) < 4.78 is 5.58. The number of furan rings is 1. The van der Waals surface area contributed by atoms with E-state index in [-0.39, 0.29) is 0 Å². The Morgan fingerprint density at radius 3 is 3.11 bits per heavy atom. The van der Waals surface area contributed by atoms with Crippen molar-refractivity contribution >= 4 is 16.7 Å². The summed E-state index contributed by atoms with van der Waals surface area (Å²) in [6, 6.07) is 8.92. The summed E-state index contributed by atoms with van der Waals surface area (Å²) in [5.74, 6) is 0. The first kappa shape index (κ1) is 11.6. The number of fused-ring (bicyclic) bond motifs is 1. The fourth-order valence-corrected chi connectivity index (χ4v) is 2.73. The highest BCUT2D eigenvalue weighted by Crippen LogP contribution is 2.28. The molecule has 1 aliphatic heterocycles. The Morgan fingerprint density at radius 2 is 2.28 bits per heavy atom. The van der Waals surface area contributed by atoms with Crippen LogP contribution in [0.5, 0.6) is 0 Å². The maximum Gasteiger partial charge on any atom is 0.136 e. The highest BCUT2D eigenvalue weighted by molar-refractivity contribution is 5.90. The van der Waals surface area contributed by atoms with E-state index in [2.05, 4.69) is 29.4 Å². The lowest BCUT2D eigenvalue weighted by atomic mass is 10.1. The van der Waals surface area contributed by atoms with Gasteiger partial charge in [-0.05, 0) is 37.9 Å². The van der Waals surface area contributed by atoms with Gasteiger partial charge < -0.3 is 14.6 Å². The van der Waals surface area contributed by atoms with E-state index in [9.17, 15) is 0 Å². The van der Waals surface area contributed by atoms with Gasteiger partial charge in [0, 0.05) is 25.0 Å². The van der Waals surface area contributed by atoms with Crippen molar-refractivity contribution in [3.63, 3.8) is 0 Å². The first-order chi connectivity index (χ1) is 8.84. The largest absolute Gasteiger partial charge is 0.462 e. The zero-order chi connectivity index (χ0) is 12.4. The molecule has 1 atom stereocenters. The third kappa shape index (κ3) is 2.23. The minimum atomic E-state index is 0.700. The summed E-state index contributed by atoms with van der Waals surface area (Å²) >= 11 is 0. The molecule has 96 valence electrons. The normalized spacial score (nSPS) is 19.5. The zero-order valence-electron chi connectivity index (χ0n) is 10.9. The Bertz CT molecular complexity index is 514. The number of rotatable bonds is 4. The topological polar surface area (TPSA) is 28.4 Å². The van der Waals surface area contributed by atoms with Crippen molar-refractivity contribution < 1.29 is 4.42 Å². The fourth-order valence-electron chi connectivity index (χ4n) is 2.73. The van der Waals surface area contributed by atoms with Crippen LogP contribution in [0.1, 0.15) is 19.3 Å². The molecule has 1 fully saturated rings. The van der Waals surface area contributed by atoms with Crippen LogP contribution in [0, 0.1) is 0 Å². The summed E-state index contributed by atoms with van der Waals surface area (Å²) in [6.07, 6.45) is 5.71. The van der Waals surface area contributed by atoms with Gasteiger partial charge in [-0.15, -0.1) is 0 Å². The van der Waals surface area contributed by atoms with E-state index in [4.69, 9.17) is 4.42 Å². The van der Waals surface area contributed by atoms with E-state index < -0.39 is 0 Å². The molecule has 3 nitrogen and oxygen atoms in total. The molecule has 0 saturated carbocycles. The van der Waals surface area contributed by atoms with Gasteiger partial charge in [-0.1, -0.05) is 12.1 Å². The molecule has 0 radical (unpaired) electrons. The van der Waals surface area contributed by atoms with E-state index in [0.717, 1.165) is 12.1 Å². The molecule has 1 aromatic carbocycles. The molecule has 0 aliphatic carbocycles. The maximum atomic E-state index is 5.58. The molecule has 0 bridgehead atoms. The number of anilines is 1. The molecule has 1 aliphatic rings. The highest BCUT2D eigenvalue weighted by atomic mass is 16.3. The Labute approximate surface area is 108 Å². The third-order valence-electron chi connectivity index (χ3n) is 3.85. The van der Waals surface area contributed by atoms with Gasteiger partial charge in [-0.25, -0.2) is 0 Å². The van der Waals surface area contributed by atoms with Gasteiger partial charge in [0.25, 0.3) is 0 Å². The lowest BCUT2D eigenvalue weighted by Gasteiger charge is -2.20. The molecule has 1 saturated heterocycles. The summed E-state index contributed by atoms with van der Waals surface area (Å²) in [5.41, 5.74) is 2.17. The lowest BCUT2D eigenvalue weighted by molar-refractivity contribution is 0.557. The number of hydrogen-bond acceptors (Lipinski definition) is 3. The van der Waals surface area contributed by atoms with Crippen molar-refractivity contribution in [2.45, 2.75) is 25.3 Å². The molecular formula is C15H20N2O. The van der Waals surface area contributed by atoms with E-state index >= 15 is 0 Å². The molecule has 0 amide bonds. The number of nitrogens with zero attached hydrogens (tertiary/aromatic N) is 1. The van der Waals surface area contributed by atoms with Gasteiger partial charge in [0.15, 0.2) is 0 Å². The van der Waals surface area contributed by atoms with Gasteiger partial charge in [-0.3, -0.25) is 0 Å². The summed E-state index contributed by atoms with van der Waals surface area (Å²) in [6.45, 7) is 2.25. The molecule has 0 spiro atoms. The van der Waals surface area contributed by atoms with Crippen LogP contribution in [0.25, 0.3) is 11.0 Å². The van der Waals surface area contributed by atoms with Crippen molar-refractivity contribution in [2.75, 3.05) is 25.0 Å². The smallest absolute Gasteiger partial charge is 0.136 e. The number of hydrogen-bond donors (Lipinski definition) is 1.